The molecule has 0 saturated carbocycles. The SMILES string of the molecule is O=C(Cn1ccc2ccccc2c1=O)NCC(=O)N1CCCC1. The molecule has 120 valence electrons. The van der Waals surface area contributed by atoms with Crippen LogP contribution in [0.2, 0.25) is 0 Å². The van der Waals surface area contributed by atoms with E-state index in [2.05, 4.69) is 5.32 Å². The number of carbonyl (C=O) groups is 2. The molecule has 0 aliphatic carbocycles. The average Bonchev–Trinajstić information content (AvgIpc) is 3.10. The minimum Gasteiger partial charge on any atom is -0.345 e. The quantitative estimate of drug-likeness (QED) is 0.905. The van der Waals surface area contributed by atoms with Crippen molar-refractivity contribution < 1.29 is 9.59 Å². The summed E-state index contributed by atoms with van der Waals surface area (Å²) in [5, 5.41) is 4.02. The van der Waals surface area contributed by atoms with Gasteiger partial charge in [0.05, 0.1) is 6.54 Å². The summed E-state index contributed by atoms with van der Waals surface area (Å²) >= 11 is 0. The lowest BCUT2D eigenvalue weighted by atomic mass is 10.2. The first kappa shape index (κ1) is 15.3. The number of likely N-dealkylation sites (tertiary alicyclic amines) is 1. The minimum atomic E-state index is -0.338. The summed E-state index contributed by atoms with van der Waals surface area (Å²) in [4.78, 5) is 37.9. The fourth-order valence-corrected chi connectivity index (χ4v) is 2.82. The molecule has 0 atom stereocenters. The summed E-state index contributed by atoms with van der Waals surface area (Å²) in [7, 11) is 0. The van der Waals surface area contributed by atoms with E-state index >= 15 is 0 Å². The van der Waals surface area contributed by atoms with Gasteiger partial charge in [-0.1, -0.05) is 18.2 Å². The predicted octanol–water partition coefficient (Wildman–Crippen LogP) is 0.740. The summed E-state index contributed by atoms with van der Waals surface area (Å²) in [6.45, 7) is 1.43. The zero-order valence-electron chi connectivity index (χ0n) is 12.8. The van der Waals surface area contributed by atoms with Crippen molar-refractivity contribution in [3.05, 3.63) is 46.9 Å². The van der Waals surface area contributed by atoms with Gasteiger partial charge in [0.25, 0.3) is 5.56 Å². The summed E-state index contributed by atoms with van der Waals surface area (Å²) < 4.78 is 1.36. The molecule has 6 heteroatoms. The van der Waals surface area contributed by atoms with Crippen LogP contribution in [0.5, 0.6) is 0 Å². The van der Waals surface area contributed by atoms with E-state index < -0.39 is 0 Å². The van der Waals surface area contributed by atoms with Gasteiger partial charge >= 0.3 is 0 Å². The minimum absolute atomic E-state index is 0.0127. The first-order valence-corrected chi connectivity index (χ1v) is 7.78. The van der Waals surface area contributed by atoms with Crippen molar-refractivity contribution in [3.63, 3.8) is 0 Å². The smallest absolute Gasteiger partial charge is 0.258 e. The lowest BCUT2D eigenvalue weighted by Gasteiger charge is -2.15. The molecule has 0 spiro atoms. The van der Waals surface area contributed by atoms with Crippen LogP contribution in [-0.4, -0.2) is 40.9 Å². The maximum absolute atomic E-state index is 12.3. The summed E-state index contributed by atoms with van der Waals surface area (Å²) in [6, 6.07) is 9.06. The maximum Gasteiger partial charge on any atom is 0.258 e. The number of nitrogens with zero attached hydrogens (tertiary/aromatic N) is 2. The molecular weight excluding hydrogens is 294 g/mol. The highest BCUT2D eigenvalue weighted by atomic mass is 16.2. The van der Waals surface area contributed by atoms with Gasteiger partial charge in [-0.25, -0.2) is 0 Å². The van der Waals surface area contributed by atoms with Crippen molar-refractivity contribution in [1.82, 2.24) is 14.8 Å². The van der Waals surface area contributed by atoms with Crippen LogP contribution in [0.3, 0.4) is 0 Å². The molecule has 0 unspecified atom stereocenters. The topological polar surface area (TPSA) is 71.4 Å². The number of benzene rings is 1. The average molecular weight is 313 g/mol. The molecule has 2 aromatic rings. The third-order valence-electron chi connectivity index (χ3n) is 4.10. The molecule has 1 aromatic heterocycles. The fraction of sp³-hybridized carbons (Fsp3) is 0.353. The fourth-order valence-electron chi connectivity index (χ4n) is 2.82. The molecule has 1 aromatic carbocycles. The highest BCUT2D eigenvalue weighted by molar-refractivity contribution is 5.85. The number of hydrogen-bond donors (Lipinski definition) is 1. The highest BCUT2D eigenvalue weighted by Crippen LogP contribution is 2.08. The van der Waals surface area contributed by atoms with E-state index in [0.29, 0.717) is 5.39 Å². The Morgan fingerprint density at radius 2 is 1.83 bits per heavy atom. The Bertz CT molecular complexity index is 791. The van der Waals surface area contributed by atoms with E-state index in [1.807, 2.05) is 12.1 Å². The molecule has 1 saturated heterocycles. The van der Waals surface area contributed by atoms with Crippen molar-refractivity contribution in [2.24, 2.45) is 0 Å². The Hall–Kier alpha value is -2.63. The lowest BCUT2D eigenvalue weighted by molar-refractivity contribution is -0.132. The maximum atomic E-state index is 12.3. The van der Waals surface area contributed by atoms with Crippen LogP contribution >= 0.6 is 0 Å². The van der Waals surface area contributed by atoms with Gasteiger partial charge in [-0.2, -0.15) is 0 Å². The third kappa shape index (κ3) is 3.41. The van der Waals surface area contributed by atoms with Crippen molar-refractivity contribution in [2.75, 3.05) is 19.6 Å². The summed E-state index contributed by atoms with van der Waals surface area (Å²) in [6.07, 6.45) is 3.64. The van der Waals surface area contributed by atoms with E-state index in [1.54, 1.807) is 29.3 Å². The second kappa shape index (κ2) is 6.64. The van der Waals surface area contributed by atoms with E-state index in [9.17, 15) is 14.4 Å². The molecule has 1 fully saturated rings. The number of nitrogens with one attached hydrogen (secondary N) is 1. The number of amides is 2. The largest absolute Gasteiger partial charge is 0.345 e. The van der Waals surface area contributed by atoms with Crippen molar-refractivity contribution in [2.45, 2.75) is 19.4 Å². The lowest BCUT2D eigenvalue weighted by Crippen LogP contribution is -2.40. The van der Waals surface area contributed by atoms with Gasteiger partial charge in [-0.15, -0.1) is 0 Å². The molecule has 2 heterocycles. The molecule has 1 aliphatic heterocycles. The molecular formula is C17H19N3O3. The highest BCUT2D eigenvalue weighted by Gasteiger charge is 2.18. The van der Waals surface area contributed by atoms with Crippen LogP contribution in [0.1, 0.15) is 12.8 Å². The van der Waals surface area contributed by atoms with E-state index in [-0.39, 0.29) is 30.5 Å². The van der Waals surface area contributed by atoms with E-state index in [0.717, 1.165) is 31.3 Å². The number of rotatable bonds is 4. The predicted molar refractivity (Wildman–Crippen MR) is 87.0 cm³/mol. The molecule has 1 N–H and O–H groups in total. The standard InChI is InChI=1S/C17H19N3O3/c21-15(18-11-16(22)19-8-3-4-9-19)12-20-10-7-13-5-1-2-6-14(13)17(20)23/h1-2,5-7,10H,3-4,8-9,11-12H2,(H,18,21). The molecule has 23 heavy (non-hydrogen) atoms. The molecule has 0 radical (unpaired) electrons. The summed E-state index contributed by atoms with van der Waals surface area (Å²) in [5.41, 5.74) is -0.205. The Morgan fingerprint density at radius 1 is 1.09 bits per heavy atom. The number of hydrogen-bond acceptors (Lipinski definition) is 3. The molecule has 3 rings (SSSR count). The van der Waals surface area contributed by atoms with Gasteiger partial charge < -0.3 is 14.8 Å². The Kier molecular flexibility index (Phi) is 4.41. The van der Waals surface area contributed by atoms with E-state index in [4.69, 9.17) is 0 Å². The van der Waals surface area contributed by atoms with Gasteiger partial charge in [0, 0.05) is 24.7 Å². The number of fused-ring (bicyclic) bond motifs is 1. The summed E-state index contributed by atoms with van der Waals surface area (Å²) in [5.74, 6) is -0.406. The molecule has 6 nitrogen and oxygen atoms in total. The molecule has 1 aliphatic rings. The number of aromatic nitrogens is 1. The van der Waals surface area contributed by atoms with E-state index in [1.165, 1.54) is 4.57 Å². The third-order valence-corrected chi connectivity index (χ3v) is 4.10. The van der Waals surface area contributed by atoms with Gasteiger partial charge in [-0.05, 0) is 30.4 Å². The van der Waals surface area contributed by atoms with Crippen LogP contribution < -0.4 is 10.9 Å². The Balaban J connectivity index is 1.62. The molecule has 0 bridgehead atoms. The zero-order valence-corrected chi connectivity index (χ0v) is 12.8. The van der Waals surface area contributed by atoms with Crippen LogP contribution in [0, 0.1) is 0 Å². The van der Waals surface area contributed by atoms with Crippen LogP contribution in [0.15, 0.2) is 41.3 Å². The zero-order chi connectivity index (χ0) is 16.2. The monoisotopic (exact) mass is 313 g/mol. The number of carbonyl (C=O) groups excluding carboxylic acids is 2. The van der Waals surface area contributed by atoms with Crippen LogP contribution in [0.25, 0.3) is 10.8 Å². The molecule has 2 amide bonds. The van der Waals surface area contributed by atoms with Crippen molar-refractivity contribution in [3.8, 4) is 0 Å². The first-order valence-electron chi connectivity index (χ1n) is 7.78. The second-order valence-corrected chi connectivity index (χ2v) is 5.70. The van der Waals surface area contributed by atoms with Crippen LogP contribution in [-0.2, 0) is 16.1 Å². The van der Waals surface area contributed by atoms with Crippen molar-refractivity contribution >= 4 is 22.6 Å². The van der Waals surface area contributed by atoms with Crippen molar-refractivity contribution in [1.29, 1.82) is 0 Å². The van der Waals surface area contributed by atoms with Gasteiger partial charge in [0.1, 0.15) is 6.54 Å². The van der Waals surface area contributed by atoms with Crippen LogP contribution in [0.4, 0.5) is 0 Å². The van der Waals surface area contributed by atoms with Gasteiger partial charge in [0.15, 0.2) is 0 Å². The Labute approximate surface area is 133 Å². The first-order chi connectivity index (χ1) is 11.1. The Morgan fingerprint density at radius 3 is 2.61 bits per heavy atom. The number of pyridine rings is 1. The second-order valence-electron chi connectivity index (χ2n) is 5.70. The van der Waals surface area contributed by atoms with Gasteiger partial charge in [0.2, 0.25) is 11.8 Å². The normalized spacial score (nSPS) is 14.2. The van der Waals surface area contributed by atoms with Gasteiger partial charge in [-0.3, -0.25) is 14.4 Å².